The maximum absolute atomic E-state index is 10.0. The van der Waals surface area contributed by atoms with Gasteiger partial charge in [0.25, 0.3) is 0 Å². The molecule has 0 radical (unpaired) electrons. The molecule has 0 amide bonds. The average Bonchev–Trinajstić information content (AvgIpc) is 2.22. The fraction of sp³-hybridized carbons (Fsp3) is 0.300. The van der Waals surface area contributed by atoms with Gasteiger partial charge in [0.1, 0.15) is 0 Å². The standard InChI is InChI=1S/C9H11NO2.CH5N.K/c11-9(12)7-10-6-8-4-2-1-3-5-8;1-2;/h1-5,10H,6-7H2,(H,11,12);2H2,1H3;/q;;+1/p-1. The van der Waals surface area contributed by atoms with Crippen LogP contribution < -0.4 is 67.5 Å². The number of aliphatic carboxylic acids is 1. The number of hydrogen-bond donors (Lipinski definition) is 2. The SMILES string of the molecule is CN.O=C([O-])CNCc1ccccc1.[K+]. The minimum Gasteiger partial charge on any atom is -0.549 e. The largest absolute Gasteiger partial charge is 1.00 e. The Bertz CT molecular complexity index is 255. The smallest absolute Gasteiger partial charge is 0.549 e. The number of carboxylic acids is 1. The summed E-state index contributed by atoms with van der Waals surface area (Å²) in [5, 5.41) is 12.8. The number of rotatable bonds is 4. The van der Waals surface area contributed by atoms with Gasteiger partial charge in [-0.1, -0.05) is 30.3 Å². The summed E-state index contributed by atoms with van der Waals surface area (Å²) in [5.74, 6) is -1.08. The second-order valence-corrected chi connectivity index (χ2v) is 2.46. The molecule has 0 saturated carbocycles. The van der Waals surface area contributed by atoms with Crippen molar-refractivity contribution in [2.24, 2.45) is 5.73 Å². The first kappa shape index (κ1) is 17.6. The van der Waals surface area contributed by atoms with Crippen molar-refractivity contribution in [2.45, 2.75) is 6.54 Å². The normalized spacial score (nSPS) is 8.13. The Kier molecular flexibility index (Phi) is 14.5. The van der Waals surface area contributed by atoms with E-state index in [0.717, 1.165) is 5.56 Å². The van der Waals surface area contributed by atoms with E-state index in [1.807, 2.05) is 30.3 Å². The summed E-state index contributed by atoms with van der Waals surface area (Å²) in [5.41, 5.74) is 5.57. The summed E-state index contributed by atoms with van der Waals surface area (Å²) in [4.78, 5) is 10.0. The Balaban J connectivity index is 0. The quantitative estimate of drug-likeness (QED) is 0.522. The molecule has 0 aliphatic heterocycles. The third kappa shape index (κ3) is 10.5. The van der Waals surface area contributed by atoms with Crippen molar-refractivity contribution in [3.05, 3.63) is 35.9 Å². The molecule has 0 heterocycles. The zero-order valence-corrected chi connectivity index (χ0v) is 12.3. The van der Waals surface area contributed by atoms with Gasteiger partial charge in [0.15, 0.2) is 0 Å². The molecule has 0 bridgehead atoms. The van der Waals surface area contributed by atoms with Crippen LogP contribution in [-0.4, -0.2) is 19.6 Å². The molecule has 0 fully saturated rings. The van der Waals surface area contributed by atoms with Gasteiger partial charge >= 0.3 is 51.4 Å². The number of benzene rings is 1. The van der Waals surface area contributed by atoms with Gasteiger partial charge in [0.05, 0.1) is 5.97 Å². The van der Waals surface area contributed by atoms with Crippen LogP contribution in [0.3, 0.4) is 0 Å². The van der Waals surface area contributed by atoms with E-state index in [0.29, 0.717) is 6.54 Å². The second kappa shape index (κ2) is 12.3. The number of carbonyl (C=O) groups is 1. The van der Waals surface area contributed by atoms with E-state index in [-0.39, 0.29) is 57.9 Å². The molecule has 0 unspecified atom stereocenters. The van der Waals surface area contributed by atoms with Crippen LogP contribution in [0.1, 0.15) is 5.56 Å². The summed E-state index contributed by atoms with van der Waals surface area (Å²) in [6.07, 6.45) is 0. The van der Waals surface area contributed by atoms with Crippen LogP contribution in [-0.2, 0) is 11.3 Å². The first-order chi connectivity index (χ1) is 6.79. The van der Waals surface area contributed by atoms with E-state index in [1.165, 1.54) is 7.05 Å². The monoisotopic (exact) mass is 234 g/mol. The molecule has 1 aromatic rings. The first-order valence-electron chi connectivity index (χ1n) is 4.31. The zero-order chi connectivity index (χ0) is 10.8. The minimum atomic E-state index is -1.08. The van der Waals surface area contributed by atoms with Crippen molar-refractivity contribution in [3.63, 3.8) is 0 Å². The number of nitrogens with two attached hydrogens (primary N) is 1. The van der Waals surface area contributed by atoms with E-state index < -0.39 is 5.97 Å². The summed E-state index contributed by atoms with van der Waals surface area (Å²) in [6, 6.07) is 9.61. The van der Waals surface area contributed by atoms with Gasteiger partial charge in [0.2, 0.25) is 0 Å². The fourth-order valence-corrected chi connectivity index (χ4v) is 0.905. The van der Waals surface area contributed by atoms with Gasteiger partial charge in [-0.15, -0.1) is 0 Å². The van der Waals surface area contributed by atoms with E-state index >= 15 is 0 Å². The van der Waals surface area contributed by atoms with Gasteiger partial charge in [-0.3, -0.25) is 0 Å². The van der Waals surface area contributed by atoms with Crippen LogP contribution in [0.4, 0.5) is 0 Å². The average molecular weight is 234 g/mol. The maximum Gasteiger partial charge on any atom is 1.00 e. The topological polar surface area (TPSA) is 78.2 Å². The molecule has 0 spiro atoms. The summed E-state index contributed by atoms with van der Waals surface area (Å²) in [6.45, 7) is 0.462. The molecule has 78 valence electrons. The van der Waals surface area contributed by atoms with Crippen molar-refractivity contribution in [3.8, 4) is 0 Å². The van der Waals surface area contributed by atoms with Gasteiger partial charge in [-0.2, -0.15) is 0 Å². The molecule has 0 atom stereocenters. The Labute approximate surface area is 133 Å². The van der Waals surface area contributed by atoms with Crippen LogP contribution in [0, 0.1) is 0 Å². The Morgan fingerprint density at radius 1 is 1.33 bits per heavy atom. The van der Waals surface area contributed by atoms with Crippen molar-refractivity contribution < 1.29 is 61.3 Å². The third-order valence-corrected chi connectivity index (χ3v) is 1.44. The molecular formula is C10H15KN2O2. The van der Waals surface area contributed by atoms with Crippen molar-refractivity contribution >= 4 is 5.97 Å². The Morgan fingerprint density at radius 3 is 2.33 bits per heavy atom. The maximum atomic E-state index is 10.0. The number of nitrogens with one attached hydrogen (secondary N) is 1. The molecule has 1 aromatic carbocycles. The van der Waals surface area contributed by atoms with Crippen LogP contribution in [0.2, 0.25) is 0 Å². The molecule has 5 heteroatoms. The van der Waals surface area contributed by atoms with Gasteiger partial charge in [-0.25, -0.2) is 0 Å². The molecule has 4 nitrogen and oxygen atoms in total. The molecule has 1 rings (SSSR count). The summed E-state index contributed by atoms with van der Waals surface area (Å²) < 4.78 is 0. The fourth-order valence-electron chi connectivity index (χ4n) is 0.905. The molecule has 0 aliphatic carbocycles. The molecule has 0 aliphatic rings. The summed E-state index contributed by atoms with van der Waals surface area (Å²) in [7, 11) is 1.50. The Hall–Kier alpha value is 0.246. The van der Waals surface area contributed by atoms with E-state index in [1.54, 1.807) is 0 Å². The van der Waals surface area contributed by atoms with Crippen molar-refractivity contribution in [1.82, 2.24) is 5.32 Å². The van der Waals surface area contributed by atoms with Gasteiger partial charge in [0, 0.05) is 13.1 Å². The number of carbonyl (C=O) groups excluding carboxylic acids is 1. The van der Waals surface area contributed by atoms with Gasteiger partial charge < -0.3 is 21.0 Å². The molecule has 15 heavy (non-hydrogen) atoms. The number of hydrogen-bond acceptors (Lipinski definition) is 4. The van der Waals surface area contributed by atoms with E-state index in [4.69, 9.17) is 0 Å². The van der Waals surface area contributed by atoms with E-state index in [2.05, 4.69) is 11.1 Å². The number of carboxylic acid groups (broad SMARTS) is 1. The van der Waals surface area contributed by atoms with Crippen molar-refractivity contribution in [1.29, 1.82) is 0 Å². The molecule has 3 N–H and O–H groups in total. The predicted molar refractivity (Wildman–Crippen MR) is 53.3 cm³/mol. The second-order valence-electron chi connectivity index (χ2n) is 2.46. The minimum absolute atomic E-state index is 0. The van der Waals surface area contributed by atoms with Crippen LogP contribution in [0.25, 0.3) is 0 Å². The molecule has 0 aromatic heterocycles. The molecule has 0 saturated heterocycles. The van der Waals surface area contributed by atoms with Crippen molar-refractivity contribution in [2.75, 3.05) is 13.6 Å². The van der Waals surface area contributed by atoms with Crippen LogP contribution >= 0.6 is 0 Å². The zero-order valence-electron chi connectivity index (χ0n) is 9.19. The van der Waals surface area contributed by atoms with Crippen LogP contribution in [0.15, 0.2) is 30.3 Å². The predicted octanol–water partition coefficient (Wildman–Crippen LogP) is -3.89. The third-order valence-electron chi connectivity index (χ3n) is 1.44. The van der Waals surface area contributed by atoms with E-state index in [9.17, 15) is 9.90 Å². The van der Waals surface area contributed by atoms with Gasteiger partial charge in [-0.05, 0) is 12.6 Å². The molecular weight excluding hydrogens is 219 g/mol. The van der Waals surface area contributed by atoms with Crippen LogP contribution in [0.5, 0.6) is 0 Å². The Morgan fingerprint density at radius 2 is 1.87 bits per heavy atom. The first-order valence-corrected chi connectivity index (χ1v) is 4.31. The summed E-state index contributed by atoms with van der Waals surface area (Å²) >= 11 is 0.